The zero-order valence-corrected chi connectivity index (χ0v) is 7.33. The first-order valence-corrected chi connectivity index (χ1v) is 4.69. The minimum absolute atomic E-state index is 0.481. The van der Waals surface area contributed by atoms with Crippen LogP contribution in [0.5, 0.6) is 0 Å². The van der Waals surface area contributed by atoms with E-state index in [2.05, 4.69) is 47.1 Å². The van der Waals surface area contributed by atoms with E-state index in [1.54, 1.807) is 0 Å². The van der Waals surface area contributed by atoms with Crippen molar-refractivity contribution in [2.45, 2.75) is 12.1 Å². The lowest BCUT2D eigenvalue weighted by Gasteiger charge is -2.15. The Balaban J connectivity index is 2.24. The van der Waals surface area contributed by atoms with E-state index < -0.39 is 0 Å². The number of rotatable bonds is 0. The first kappa shape index (κ1) is 7.30. The van der Waals surface area contributed by atoms with Crippen LogP contribution in [-0.4, -0.2) is 18.8 Å². The van der Waals surface area contributed by atoms with E-state index >= 15 is 0 Å². The summed E-state index contributed by atoms with van der Waals surface area (Å²) in [7, 11) is 0. The van der Waals surface area contributed by atoms with Gasteiger partial charge in [-0.2, -0.15) is 0 Å². The first-order chi connectivity index (χ1) is 6.43. The summed E-state index contributed by atoms with van der Waals surface area (Å²) in [6, 6.07) is 9.48. The molecule has 1 fully saturated rings. The lowest BCUT2D eigenvalue weighted by atomic mass is 10.0. The fourth-order valence-corrected chi connectivity index (χ4v) is 2.08. The summed E-state index contributed by atoms with van der Waals surface area (Å²) in [6.07, 6.45) is 4.61. The lowest BCUT2D eigenvalue weighted by Crippen LogP contribution is -2.41. The van der Waals surface area contributed by atoms with E-state index in [4.69, 9.17) is 0 Å². The van der Waals surface area contributed by atoms with Crippen LogP contribution in [0, 0.1) is 0 Å². The van der Waals surface area contributed by atoms with Crippen LogP contribution < -0.4 is 21.1 Å². The number of benzene rings is 1. The van der Waals surface area contributed by atoms with Gasteiger partial charge < -0.3 is 0 Å². The molecule has 1 aromatic carbocycles. The van der Waals surface area contributed by atoms with Crippen molar-refractivity contribution in [2.75, 3.05) is 6.67 Å². The van der Waals surface area contributed by atoms with Gasteiger partial charge >= 0.3 is 0 Å². The second-order valence-electron chi connectivity index (χ2n) is 3.60. The van der Waals surface area contributed by atoms with Crippen molar-refractivity contribution in [1.82, 2.24) is 10.6 Å². The van der Waals surface area contributed by atoms with Gasteiger partial charge in [0.25, 0.3) is 0 Å². The predicted octanol–water partition coefficient (Wildman–Crippen LogP) is -0.851. The summed E-state index contributed by atoms with van der Waals surface area (Å²) in [6.45, 7) is 0.913. The van der Waals surface area contributed by atoms with E-state index in [-0.39, 0.29) is 0 Å². The fraction of sp³-hybridized carbons (Fsp3) is 0.273. The molecule has 3 rings (SSSR count). The molecule has 2 aliphatic rings. The molecule has 1 saturated heterocycles. The molecule has 2 heteroatoms. The highest BCUT2D eigenvalue weighted by molar-refractivity contribution is 5.49. The molecule has 2 atom stereocenters. The maximum atomic E-state index is 3.40. The summed E-state index contributed by atoms with van der Waals surface area (Å²) in [5, 5.41) is 9.50. The first-order valence-electron chi connectivity index (χ1n) is 4.69. The SMILES string of the molecule is C1=c2ccccc2=CC2NCNC12. The number of fused-ring (bicyclic) bond motifs is 2. The van der Waals surface area contributed by atoms with Gasteiger partial charge in [0.15, 0.2) is 0 Å². The molecule has 2 nitrogen and oxygen atoms in total. The number of hydrogen-bond donors (Lipinski definition) is 2. The molecular formula is C11H12N2. The molecule has 2 unspecified atom stereocenters. The molecule has 0 radical (unpaired) electrons. The Morgan fingerprint density at radius 2 is 1.46 bits per heavy atom. The quantitative estimate of drug-likeness (QED) is 0.532. The second kappa shape index (κ2) is 2.69. The van der Waals surface area contributed by atoms with Crippen LogP contribution in [0.2, 0.25) is 0 Å². The van der Waals surface area contributed by atoms with Gasteiger partial charge in [-0.1, -0.05) is 36.4 Å². The molecule has 1 heterocycles. The fourth-order valence-electron chi connectivity index (χ4n) is 2.08. The molecule has 1 aliphatic heterocycles. The van der Waals surface area contributed by atoms with Crippen LogP contribution in [0.25, 0.3) is 12.2 Å². The van der Waals surface area contributed by atoms with Gasteiger partial charge in [0, 0.05) is 18.8 Å². The van der Waals surface area contributed by atoms with Gasteiger partial charge in [0.2, 0.25) is 0 Å². The highest BCUT2D eigenvalue weighted by Crippen LogP contribution is 2.04. The Morgan fingerprint density at radius 3 is 2.00 bits per heavy atom. The van der Waals surface area contributed by atoms with Crippen molar-refractivity contribution in [1.29, 1.82) is 0 Å². The molecular weight excluding hydrogens is 160 g/mol. The van der Waals surface area contributed by atoms with Gasteiger partial charge in [-0.15, -0.1) is 0 Å². The van der Waals surface area contributed by atoms with Crippen LogP contribution in [0.1, 0.15) is 0 Å². The van der Waals surface area contributed by atoms with Gasteiger partial charge in [-0.25, -0.2) is 0 Å². The summed E-state index contributed by atoms with van der Waals surface area (Å²) < 4.78 is 0. The number of hydrogen-bond acceptors (Lipinski definition) is 2. The van der Waals surface area contributed by atoms with Crippen LogP contribution in [0.3, 0.4) is 0 Å². The summed E-state index contributed by atoms with van der Waals surface area (Å²) in [5.41, 5.74) is 0. The minimum Gasteiger partial charge on any atom is -0.296 e. The monoisotopic (exact) mass is 172 g/mol. The highest BCUT2D eigenvalue weighted by Gasteiger charge is 2.23. The number of nitrogens with one attached hydrogen (secondary N) is 2. The summed E-state index contributed by atoms with van der Waals surface area (Å²) in [4.78, 5) is 0. The zero-order valence-electron chi connectivity index (χ0n) is 7.33. The Morgan fingerprint density at radius 1 is 0.923 bits per heavy atom. The van der Waals surface area contributed by atoms with Crippen molar-refractivity contribution < 1.29 is 0 Å². The minimum atomic E-state index is 0.481. The molecule has 0 saturated carbocycles. The normalized spacial score (nSPS) is 29.8. The van der Waals surface area contributed by atoms with Gasteiger partial charge in [0.1, 0.15) is 0 Å². The Kier molecular flexibility index (Phi) is 1.51. The standard InChI is InChI=1S/C11H12N2/c1-2-4-9-6-11-10(12-7-13-11)5-8(9)3-1/h1-6,10-13H,7H2. The second-order valence-corrected chi connectivity index (χ2v) is 3.60. The molecule has 0 bridgehead atoms. The third kappa shape index (κ3) is 1.10. The van der Waals surface area contributed by atoms with E-state index in [9.17, 15) is 0 Å². The van der Waals surface area contributed by atoms with E-state index in [1.165, 1.54) is 10.4 Å². The third-order valence-corrected chi connectivity index (χ3v) is 2.78. The van der Waals surface area contributed by atoms with Crippen LogP contribution in [0.4, 0.5) is 0 Å². The largest absolute Gasteiger partial charge is 0.296 e. The third-order valence-electron chi connectivity index (χ3n) is 2.78. The van der Waals surface area contributed by atoms with Crippen molar-refractivity contribution in [2.24, 2.45) is 0 Å². The molecule has 13 heavy (non-hydrogen) atoms. The van der Waals surface area contributed by atoms with Gasteiger partial charge in [-0.05, 0) is 10.4 Å². The highest BCUT2D eigenvalue weighted by atomic mass is 15.2. The molecule has 0 spiro atoms. The smallest absolute Gasteiger partial charge is 0.0464 e. The molecule has 2 N–H and O–H groups in total. The van der Waals surface area contributed by atoms with Crippen LogP contribution in [-0.2, 0) is 0 Å². The maximum absolute atomic E-state index is 3.40. The van der Waals surface area contributed by atoms with Gasteiger partial charge in [0.05, 0.1) is 0 Å². The van der Waals surface area contributed by atoms with Crippen LogP contribution >= 0.6 is 0 Å². The van der Waals surface area contributed by atoms with Crippen molar-refractivity contribution in [3.8, 4) is 0 Å². The van der Waals surface area contributed by atoms with E-state index in [0.717, 1.165) is 6.67 Å². The molecule has 1 aliphatic carbocycles. The zero-order chi connectivity index (χ0) is 8.67. The summed E-state index contributed by atoms with van der Waals surface area (Å²) >= 11 is 0. The molecule has 0 amide bonds. The molecule has 66 valence electrons. The Hall–Kier alpha value is -1.12. The topological polar surface area (TPSA) is 24.1 Å². The van der Waals surface area contributed by atoms with Crippen molar-refractivity contribution >= 4 is 12.2 Å². The van der Waals surface area contributed by atoms with E-state index in [1.807, 2.05) is 0 Å². The predicted molar refractivity (Wildman–Crippen MR) is 53.3 cm³/mol. The van der Waals surface area contributed by atoms with Gasteiger partial charge in [-0.3, -0.25) is 10.6 Å². The molecule has 1 aromatic rings. The van der Waals surface area contributed by atoms with E-state index in [0.29, 0.717) is 12.1 Å². The summed E-state index contributed by atoms with van der Waals surface area (Å²) in [5.74, 6) is 0. The average molecular weight is 172 g/mol. The van der Waals surface area contributed by atoms with Crippen LogP contribution in [0.15, 0.2) is 24.3 Å². The Bertz CT molecular complexity index is 395. The molecule has 0 aromatic heterocycles. The average Bonchev–Trinajstić information content (AvgIpc) is 2.61. The van der Waals surface area contributed by atoms with Crippen molar-refractivity contribution in [3.63, 3.8) is 0 Å². The van der Waals surface area contributed by atoms with Crippen molar-refractivity contribution in [3.05, 3.63) is 34.7 Å². The maximum Gasteiger partial charge on any atom is 0.0464 e. The Labute approximate surface area is 77.0 Å². The lowest BCUT2D eigenvalue weighted by molar-refractivity contribution is 0.727.